The van der Waals surface area contributed by atoms with E-state index >= 15 is 0 Å². The van der Waals surface area contributed by atoms with Crippen molar-refractivity contribution in [1.29, 1.82) is 0 Å². The minimum Gasteiger partial charge on any atom is -0.481 e. The van der Waals surface area contributed by atoms with Gasteiger partial charge in [-0.3, -0.25) is 9.59 Å². The smallest absolute Gasteiger partial charge is 0.308 e. The SMILES string of the molecule is O=C(O)C1CCN(S(=O)(=O)C2CCOCC2)CC1C(=O)O. The second-order valence-corrected chi connectivity index (χ2v) is 7.61. The molecule has 2 aliphatic heterocycles. The number of hydrogen-bond donors (Lipinski definition) is 2. The van der Waals surface area contributed by atoms with Crippen molar-refractivity contribution in [2.24, 2.45) is 11.8 Å². The predicted octanol–water partition coefficient (Wildman–Crippen LogP) is -0.397. The number of carboxylic acid groups (broad SMARTS) is 2. The summed E-state index contributed by atoms with van der Waals surface area (Å²) in [4.78, 5) is 22.3. The van der Waals surface area contributed by atoms with Crippen LogP contribution < -0.4 is 0 Å². The summed E-state index contributed by atoms with van der Waals surface area (Å²) in [7, 11) is -3.60. The summed E-state index contributed by atoms with van der Waals surface area (Å²) in [6.07, 6.45) is 0.798. The molecule has 2 heterocycles. The third-order valence-corrected chi connectivity index (χ3v) is 6.52. The lowest BCUT2D eigenvalue weighted by molar-refractivity contribution is -0.156. The van der Waals surface area contributed by atoms with Gasteiger partial charge in [0, 0.05) is 26.3 Å². The molecule has 0 radical (unpaired) electrons. The number of rotatable bonds is 4. The summed E-state index contributed by atoms with van der Waals surface area (Å²) in [5, 5.41) is 17.6. The fourth-order valence-electron chi connectivity index (χ4n) is 2.88. The van der Waals surface area contributed by atoms with Crippen LogP contribution in [0.5, 0.6) is 0 Å². The highest BCUT2D eigenvalue weighted by molar-refractivity contribution is 7.89. The van der Waals surface area contributed by atoms with Crippen LogP contribution in [0, 0.1) is 11.8 Å². The molecule has 2 rings (SSSR count). The quantitative estimate of drug-likeness (QED) is 0.722. The highest BCUT2D eigenvalue weighted by Gasteiger charge is 2.44. The number of piperidine rings is 1. The molecule has 2 unspecified atom stereocenters. The van der Waals surface area contributed by atoms with E-state index in [1.165, 1.54) is 0 Å². The van der Waals surface area contributed by atoms with Gasteiger partial charge >= 0.3 is 11.9 Å². The fraction of sp³-hybridized carbons (Fsp3) is 0.833. The zero-order chi connectivity index (χ0) is 15.6. The molecule has 2 saturated heterocycles. The molecule has 120 valence electrons. The average Bonchev–Trinajstić information content (AvgIpc) is 2.47. The van der Waals surface area contributed by atoms with Crippen molar-refractivity contribution in [2.75, 3.05) is 26.3 Å². The van der Waals surface area contributed by atoms with E-state index < -0.39 is 39.0 Å². The van der Waals surface area contributed by atoms with Crippen molar-refractivity contribution >= 4 is 22.0 Å². The number of ether oxygens (including phenoxy) is 1. The van der Waals surface area contributed by atoms with Crippen LogP contribution >= 0.6 is 0 Å². The van der Waals surface area contributed by atoms with Gasteiger partial charge in [-0.05, 0) is 19.3 Å². The van der Waals surface area contributed by atoms with Gasteiger partial charge in [-0.15, -0.1) is 0 Å². The number of carboxylic acids is 2. The molecule has 0 aromatic rings. The second-order valence-electron chi connectivity index (χ2n) is 5.39. The van der Waals surface area contributed by atoms with Gasteiger partial charge in [-0.1, -0.05) is 0 Å². The Morgan fingerprint density at radius 1 is 1.00 bits per heavy atom. The molecule has 0 amide bonds. The number of sulfonamides is 1. The van der Waals surface area contributed by atoms with Gasteiger partial charge in [0.25, 0.3) is 0 Å². The number of nitrogens with zero attached hydrogens (tertiary/aromatic N) is 1. The summed E-state index contributed by atoms with van der Waals surface area (Å²) in [5.74, 6) is -4.70. The van der Waals surface area contributed by atoms with E-state index in [9.17, 15) is 18.0 Å². The highest BCUT2D eigenvalue weighted by Crippen LogP contribution is 2.29. The maximum Gasteiger partial charge on any atom is 0.308 e. The molecule has 0 aromatic heterocycles. The first-order chi connectivity index (χ1) is 9.84. The first-order valence-electron chi connectivity index (χ1n) is 6.86. The third kappa shape index (κ3) is 3.35. The molecule has 8 nitrogen and oxygen atoms in total. The molecule has 9 heteroatoms. The summed E-state index contributed by atoms with van der Waals surface area (Å²) in [5.41, 5.74) is 0. The maximum absolute atomic E-state index is 12.5. The molecular weight excluding hydrogens is 302 g/mol. The summed E-state index contributed by atoms with van der Waals surface area (Å²) >= 11 is 0. The monoisotopic (exact) mass is 321 g/mol. The number of carbonyl (C=O) groups is 2. The van der Waals surface area contributed by atoms with Crippen molar-refractivity contribution in [2.45, 2.75) is 24.5 Å². The molecular formula is C12H19NO7S. The van der Waals surface area contributed by atoms with Crippen molar-refractivity contribution in [3.8, 4) is 0 Å². The third-order valence-electron chi connectivity index (χ3n) is 4.16. The van der Waals surface area contributed by atoms with Crippen molar-refractivity contribution < 1.29 is 33.0 Å². The zero-order valence-electron chi connectivity index (χ0n) is 11.5. The van der Waals surface area contributed by atoms with Gasteiger partial charge in [-0.25, -0.2) is 12.7 Å². The Morgan fingerprint density at radius 2 is 1.57 bits per heavy atom. The normalized spacial score (nSPS) is 29.1. The van der Waals surface area contributed by atoms with Gasteiger partial charge in [0.05, 0.1) is 17.1 Å². The van der Waals surface area contributed by atoms with Crippen LogP contribution in [0.4, 0.5) is 0 Å². The molecule has 2 N–H and O–H groups in total. The molecule has 2 atom stereocenters. The van der Waals surface area contributed by atoms with Gasteiger partial charge in [0.2, 0.25) is 10.0 Å². The Hall–Kier alpha value is -1.19. The Bertz CT molecular complexity index is 512. The highest BCUT2D eigenvalue weighted by atomic mass is 32.2. The molecule has 2 fully saturated rings. The fourth-order valence-corrected chi connectivity index (χ4v) is 4.82. The minimum atomic E-state index is -3.60. The van der Waals surface area contributed by atoms with Crippen LogP contribution in [0.15, 0.2) is 0 Å². The molecule has 0 saturated carbocycles. The topological polar surface area (TPSA) is 121 Å². The minimum absolute atomic E-state index is 0.0226. The average molecular weight is 321 g/mol. The summed E-state index contributed by atoms with van der Waals surface area (Å²) in [6.45, 7) is 0.530. The zero-order valence-corrected chi connectivity index (χ0v) is 12.3. The lowest BCUT2D eigenvalue weighted by atomic mass is 9.86. The molecule has 0 bridgehead atoms. The Labute approximate surface area is 122 Å². The van der Waals surface area contributed by atoms with E-state index in [1.807, 2.05) is 0 Å². The van der Waals surface area contributed by atoms with Crippen LogP contribution in [0.2, 0.25) is 0 Å². The molecule has 0 spiro atoms. The molecule has 21 heavy (non-hydrogen) atoms. The van der Waals surface area contributed by atoms with E-state index in [1.54, 1.807) is 0 Å². The number of aliphatic carboxylic acids is 2. The largest absolute Gasteiger partial charge is 0.481 e. The van der Waals surface area contributed by atoms with E-state index in [2.05, 4.69) is 0 Å². The molecule has 2 aliphatic rings. The Morgan fingerprint density at radius 3 is 2.10 bits per heavy atom. The predicted molar refractivity (Wildman–Crippen MR) is 71.2 cm³/mol. The lowest BCUT2D eigenvalue weighted by Gasteiger charge is -2.36. The standard InChI is InChI=1S/C12H19NO7S/c14-11(15)9-1-4-13(7-10(9)12(16)17)21(18,19)8-2-5-20-6-3-8/h8-10H,1-7H2,(H,14,15)(H,16,17). The van der Waals surface area contributed by atoms with Gasteiger partial charge in [-0.2, -0.15) is 0 Å². The van der Waals surface area contributed by atoms with Crippen LogP contribution in [-0.2, 0) is 24.3 Å². The first-order valence-corrected chi connectivity index (χ1v) is 8.36. The lowest BCUT2D eigenvalue weighted by Crippen LogP contribution is -2.51. The first kappa shape index (κ1) is 16.2. The Kier molecular flexibility index (Phi) is 4.84. The van der Waals surface area contributed by atoms with Gasteiger partial charge in [0.15, 0.2) is 0 Å². The van der Waals surface area contributed by atoms with E-state index in [0.29, 0.717) is 26.1 Å². The van der Waals surface area contributed by atoms with Crippen molar-refractivity contribution in [1.82, 2.24) is 4.31 Å². The van der Waals surface area contributed by atoms with Crippen LogP contribution in [0.1, 0.15) is 19.3 Å². The maximum atomic E-state index is 12.5. The van der Waals surface area contributed by atoms with E-state index in [-0.39, 0.29) is 19.5 Å². The summed E-state index contributed by atoms with van der Waals surface area (Å²) in [6, 6.07) is 0. The van der Waals surface area contributed by atoms with Crippen molar-refractivity contribution in [3.63, 3.8) is 0 Å². The van der Waals surface area contributed by atoms with Crippen LogP contribution in [0.3, 0.4) is 0 Å². The van der Waals surface area contributed by atoms with Crippen LogP contribution in [-0.4, -0.2) is 66.4 Å². The van der Waals surface area contributed by atoms with Gasteiger partial charge in [0.1, 0.15) is 0 Å². The Balaban J connectivity index is 2.14. The van der Waals surface area contributed by atoms with E-state index in [4.69, 9.17) is 14.9 Å². The van der Waals surface area contributed by atoms with Gasteiger partial charge < -0.3 is 14.9 Å². The number of hydrogen-bond acceptors (Lipinski definition) is 5. The molecule has 0 aromatic carbocycles. The van der Waals surface area contributed by atoms with Crippen molar-refractivity contribution in [3.05, 3.63) is 0 Å². The summed E-state index contributed by atoms with van der Waals surface area (Å²) < 4.78 is 31.3. The van der Waals surface area contributed by atoms with E-state index in [0.717, 1.165) is 4.31 Å². The van der Waals surface area contributed by atoms with Crippen LogP contribution in [0.25, 0.3) is 0 Å². The molecule has 0 aliphatic carbocycles. The second kappa shape index (κ2) is 6.29.